The molecule has 2 rings (SSSR count). The van der Waals surface area contributed by atoms with Crippen molar-refractivity contribution in [3.05, 3.63) is 29.3 Å². The van der Waals surface area contributed by atoms with Crippen molar-refractivity contribution in [2.24, 2.45) is 5.73 Å². The first-order chi connectivity index (χ1) is 8.18. The van der Waals surface area contributed by atoms with Gasteiger partial charge in [0.1, 0.15) is 0 Å². The number of rotatable bonds is 4. The van der Waals surface area contributed by atoms with Crippen molar-refractivity contribution < 1.29 is 4.79 Å². The Morgan fingerprint density at radius 1 is 1.47 bits per heavy atom. The third-order valence-electron chi connectivity index (χ3n) is 2.28. The highest BCUT2D eigenvalue weighted by atomic mass is 32.1. The smallest absolute Gasteiger partial charge is 0.219 e. The topological polar surface area (TPSA) is 89.6 Å². The molecule has 17 heavy (non-hydrogen) atoms. The van der Waals surface area contributed by atoms with Crippen LogP contribution in [0.25, 0.3) is 11.4 Å². The number of pyridine rings is 1. The molecule has 0 bridgehead atoms. The monoisotopic (exact) mass is 249 g/mol. The summed E-state index contributed by atoms with van der Waals surface area (Å²) in [4.78, 5) is 14.7. The lowest BCUT2D eigenvalue weighted by Gasteiger charge is -2.04. The number of carbonyl (C=O) groups excluding carboxylic acids is 1. The summed E-state index contributed by atoms with van der Waals surface area (Å²) in [5.41, 5.74) is 6.01. The van der Waals surface area contributed by atoms with Crippen LogP contribution in [-0.2, 0) is 11.3 Å². The van der Waals surface area contributed by atoms with Crippen LogP contribution in [-0.4, -0.2) is 25.7 Å². The van der Waals surface area contributed by atoms with Gasteiger partial charge in [0.05, 0.1) is 0 Å². The largest absolute Gasteiger partial charge is 0.370 e. The van der Waals surface area contributed by atoms with E-state index in [0.29, 0.717) is 17.1 Å². The molecule has 0 aromatic carbocycles. The quantitative estimate of drug-likeness (QED) is 0.787. The number of H-pyrrole nitrogens is 1. The molecule has 0 aliphatic heterocycles. The Morgan fingerprint density at radius 3 is 2.82 bits per heavy atom. The number of hydrogen-bond donors (Lipinski definition) is 2. The van der Waals surface area contributed by atoms with Gasteiger partial charge in [-0.25, -0.2) is 0 Å². The molecular weight excluding hydrogens is 238 g/mol. The van der Waals surface area contributed by atoms with Crippen LogP contribution in [0.4, 0.5) is 0 Å². The average Bonchev–Trinajstić information content (AvgIpc) is 2.69. The molecule has 2 aromatic rings. The molecule has 0 aliphatic carbocycles. The van der Waals surface area contributed by atoms with Crippen LogP contribution in [0.2, 0.25) is 0 Å². The standard InChI is InChI=1S/C10H11N5OS/c11-8(16)3-6-15-9(13-14-10(15)17)7-1-4-12-5-2-7/h1-2,4-5H,3,6H2,(H2,11,16)(H,14,17). The Labute approximate surface area is 102 Å². The first-order valence-electron chi connectivity index (χ1n) is 5.02. The third kappa shape index (κ3) is 2.56. The number of amides is 1. The van der Waals surface area contributed by atoms with Crippen LogP contribution in [0.1, 0.15) is 6.42 Å². The van der Waals surface area contributed by atoms with Gasteiger partial charge in [-0.05, 0) is 24.4 Å². The van der Waals surface area contributed by atoms with Crippen LogP contribution in [0.3, 0.4) is 0 Å². The molecule has 0 aliphatic rings. The fraction of sp³-hybridized carbons (Fsp3) is 0.200. The van der Waals surface area contributed by atoms with Gasteiger partial charge in [-0.1, -0.05) is 0 Å². The number of carbonyl (C=O) groups is 1. The molecular formula is C10H11N5OS. The highest BCUT2D eigenvalue weighted by Crippen LogP contribution is 2.15. The molecule has 0 radical (unpaired) electrons. The Kier molecular flexibility index (Phi) is 3.29. The summed E-state index contributed by atoms with van der Waals surface area (Å²) in [6.07, 6.45) is 3.57. The summed E-state index contributed by atoms with van der Waals surface area (Å²) in [5.74, 6) is 0.312. The lowest BCUT2D eigenvalue weighted by molar-refractivity contribution is -0.118. The summed E-state index contributed by atoms with van der Waals surface area (Å²) in [6, 6.07) is 3.65. The van der Waals surface area contributed by atoms with Crippen molar-refractivity contribution in [3.63, 3.8) is 0 Å². The van der Waals surface area contributed by atoms with E-state index in [1.54, 1.807) is 17.0 Å². The molecule has 88 valence electrons. The van der Waals surface area contributed by atoms with Crippen molar-refractivity contribution >= 4 is 18.1 Å². The van der Waals surface area contributed by atoms with Gasteiger partial charge in [-0.15, -0.1) is 0 Å². The summed E-state index contributed by atoms with van der Waals surface area (Å²) in [6.45, 7) is 0.419. The van der Waals surface area contributed by atoms with Gasteiger partial charge >= 0.3 is 0 Å². The molecule has 2 aromatic heterocycles. The molecule has 3 N–H and O–H groups in total. The van der Waals surface area contributed by atoms with E-state index in [1.165, 1.54) is 0 Å². The van der Waals surface area contributed by atoms with Crippen molar-refractivity contribution in [1.29, 1.82) is 0 Å². The van der Waals surface area contributed by atoms with Crippen molar-refractivity contribution in [2.45, 2.75) is 13.0 Å². The van der Waals surface area contributed by atoms with Gasteiger partial charge in [0.2, 0.25) is 5.91 Å². The second-order valence-corrected chi connectivity index (χ2v) is 3.84. The second kappa shape index (κ2) is 4.88. The van der Waals surface area contributed by atoms with Crippen LogP contribution in [0.5, 0.6) is 0 Å². The van der Waals surface area contributed by atoms with Crippen LogP contribution >= 0.6 is 12.2 Å². The molecule has 0 atom stereocenters. The summed E-state index contributed by atoms with van der Waals surface area (Å²) in [5, 5.41) is 6.83. The number of nitrogens with zero attached hydrogens (tertiary/aromatic N) is 3. The van der Waals surface area contributed by atoms with Gasteiger partial charge in [-0.2, -0.15) is 5.10 Å². The highest BCUT2D eigenvalue weighted by molar-refractivity contribution is 7.71. The highest BCUT2D eigenvalue weighted by Gasteiger charge is 2.08. The fourth-order valence-corrected chi connectivity index (χ4v) is 1.69. The van der Waals surface area contributed by atoms with Crippen molar-refractivity contribution in [3.8, 4) is 11.4 Å². The zero-order chi connectivity index (χ0) is 12.3. The predicted molar refractivity (Wildman–Crippen MR) is 64.5 cm³/mol. The predicted octanol–water partition coefficient (Wildman–Crippen LogP) is 0.878. The van der Waals surface area contributed by atoms with Gasteiger partial charge in [0.25, 0.3) is 0 Å². The van der Waals surface area contributed by atoms with E-state index >= 15 is 0 Å². The van der Waals surface area contributed by atoms with E-state index in [9.17, 15) is 4.79 Å². The van der Waals surface area contributed by atoms with Crippen LogP contribution < -0.4 is 5.73 Å². The number of aromatic nitrogens is 4. The lowest BCUT2D eigenvalue weighted by Crippen LogP contribution is -2.14. The maximum atomic E-state index is 10.8. The van der Waals surface area contributed by atoms with Crippen molar-refractivity contribution in [1.82, 2.24) is 19.7 Å². The molecule has 0 fully saturated rings. The lowest BCUT2D eigenvalue weighted by atomic mass is 10.2. The van der Waals surface area contributed by atoms with Crippen LogP contribution in [0.15, 0.2) is 24.5 Å². The minimum atomic E-state index is -0.367. The molecule has 0 spiro atoms. The number of nitrogens with two attached hydrogens (primary N) is 1. The summed E-state index contributed by atoms with van der Waals surface area (Å²) >= 11 is 5.10. The van der Waals surface area contributed by atoms with E-state index in [1.807, 2.05) is 12.1 Å². The fourth-order valence-electron chi connectivity index (χ4n) is 1.47. The Balaban J connectivity index is 2.36. The van der Waals surface area contributed by atoms with Crippen LogP contribution in [0, 0.1) is 4.77 Å². The molecule has 0 unspecified atom stereocenters. The van der Waals surface area contributed by atoms with E-state index in [0.717, 1.165) is 5.56 Å². The molecule has 1 amide bonds. The Morgan fingerprint density at radius 2 is 2.18 bits per heavy atom. The van der Waals surface area contributed by atoms with E-state index in [4.69, 9.17) is 18.0 Å². The number of hydrogen-bond acceptors (Lipinski definition) is 4. The third-order valence-corrected chi connectivity index (χ3v) is 2.59. The maximum Gasteiger partial charge on any atom is 0.219 e. The van der Waals surface area contributed by atoms with Gasteiger partial charge in [0, 0.05) is 30.9 Å². The zero-order valence-electron chi connectivity index (χ0n) is 8.96. The normalized spacial score (nSPS) is 10.4. The van der Waals surface area contributed by atoms with Crippen molar-refractivity contribution in [2.75, 3.05) is 0 Å². The van der Waals surface area contributed by atoms with Gasteiger partial charge < -0.3 is 5.73 Å². The maximum absolute atomic E-state index is 10.8. The van der Waals surface area contributed by atoms with Gasteiger partial charge in [0.15, 0.2) is 10.6 Å². The molecule has 7 heteroatoms. The van der Waals surface area contributed by atoms with E-state index in [2.05, 4.69) is 15.2 Å². The van der Waals surface area contributed by atoms with E-state index < -0.39 is 0 Å². The number of nitrogens with one attached hydrogen (secondary N) is 1. The first-order valence-corrected chi connectivity index (χ1v) is 5.43. The minimum Gasteiger partial charge on any atom is -0.370 e. The molecule has 0 saturated heterocycles. The zero-order valence-corrected chi connectivity index (χ0v) is 9.78. The first kappa shape index (κ1) is 11.5. The SMILES string of the molecule is NC(=O)CCn1c(-c2ccncc2)n[nH]c1=S. The average molecular weight is 249 g/mol. The Bertz CT molecular complexity index is 574. The molecule has 0 saturated carbocycles. The second-order valence-electron chi connectivity index (χ2n) is 3.46. The van der Waals surface area contributed by atoms with Gasteiger partial charge in [-0.3, -0.25) is 19.4 Å². The minimum absolute atomic E-state index is 0.228. The molecule has 2 heterocycles. The number of aromatic amines is 1. The molecule has 6 nitrogen and oxygen atoms in total. The number of primary amides is 1. The Hall–Kier alpha value is -2.02. The van der Waals surface area contributed by atoms with E-state index in [-0.39, 0.29) is 12.3 Å². The summed E-state index contributed by atoms with van der Waals surface area (Å²) < 4.78 is 2.22. The summed E-state index contributed by atoms with van der Waals surface area (Å²) in [7, 11) is 0.